The number of aromatic hydroxyl groups is 1. The predicted octanol–water partition coefficient (Wildman–Crippen LogP) is 6.65. The van der Waals surface area contributed by atoms with E-state index in [9.17, 15) is 10.2 Å². The highest BCUT2D eigenvalue weighted by molar-refractivity contribution is 5.59. The molecule has 0 saturated heterocycles. The van der Waals surface area contributed by atoms with Crippen molar-refractivity contribution in [1.29, 1.82) is 0 Å². The number of aryl methyl sites for hydroxylation is 1. The summed E-state index contributed by atoms with van der Waals surface area (Å²) in [5, 5.41) is 22.1. The summed E-state index contributed by atoms with van der Waals surface area (Å²) in [7, 11) is 0. The van der Waals surface area contributed by atoms with Crippen LogP contribution in [0.25, 0.3) is 6.08 Å². The number of hydrogen-bond acceptors (Lipinski definition) is 2. The van der Waals surface area contributed by atoms with E-state index in [0.29, 0.717) is 12.0 Å². The molecule has 0 unspecified atom stereocenters. The van der Waals surface area contributed by atoms with Crippen molar-refractivity contribution in [2.45, 2.75) is 50.0 Å². The molecule has 0 heterocycles. The van der Waals surface area contributed by atoms with Crippen LogP contribution in [0.1, 0.15) is 54.9 Å². The van der Waals surface area contributed by atoms with Crippen molar-refractivity contribution in [1.82, 2.24) is 0 Å². The summed E-state index contributed by atoms with van der Waals surface area (Å²) in [4.78, 5) is 0. The molecule has 33 heavy (non-hydrogen) atoms. The van der Waals surface area contributed by atoms with E-state index in [1.807, 2.05) is 48.5 Å². The average Bonchev–Trinajstić information content (AvgIpc) is 2.80. The van der Waals surface area contributed by atoms with E-state index in [4.69, 9.17) is 0 Å². The average molecular weight is 447 g/mol. The molecule has 1 saturated carbocycles. The smallest absolute Gasteiger partial charge is 0.132 e. The van der Waals surface area contributed by atoms with Crippen molar-refractivity contribution in [3.63, 3.8) is 0 Å². The molecule has 3 aromatic carbocycles. The van der Waals surface area contributed by atoms with Gasteiger partial charge >= 0.3 is 0 Å². The van der Waals surface area contributed by atoms with Gasteiger partial charge in [-0.25, -0.2) is 8.78 Å². The van der Waals surface area contributed by atoms with Crippen molar-refractivity contribution in [3.8, 4) is 5.75 Å². The van der Waals surface area contributed by atoms with Crippen LogP contribution >= 0.6 is 0 Å². The maximum atomic E-state index is 15.0. The molecule has 2 aliphatic rings. The SMILES string of the molecule is CC[C@@]12CC(=Cc3ccccc3)[C@](O)(c3c(F)cccc3F)C[C@H]1CCc1cc(O)ccc12. The zero-order valence-electron chi connectivity index (χ0n) is 18.7. The lowest BCUT2D eigenvalue weighted by molar-refractivity contribution is -0.0135. The molecule has 0 spiro atoms. The van der Waals surface area contributed by atoms with E-state index < -0.39 is 17.2 Å². The fourth-order valence-electron chi connectivity index (χ4n) is 6.29. The third-order valence-corrected chi connectivity index (χ3v) is 7.90. The molecule has 0 aromatic heterocycles. The zero-order chi connectivity index (χ0) is 23.2. The van der Waals surface area contributed by atoms with Gasteiger partial charge in [-0.15, -0.1) is 0 Å². The molecule has 2 N–H and O–H groups in total. The summed E-state index contributed by atoms with van der Waals surface area (Å²) >= 11 is 0. The van der Waals surface area contributed by atoms with Gasteiger partial charge in [0.15, 0.2) is 0 Å². The van der Waals surface area contributed by atoms with Gasteiger partial charge in [0.1, 0.15) is 23.0 Å². The highest BCUT2D eigenvalue weighted by atomic mass is 19.1. The van der Waals surface area contributed by atoms with Crippen LogP contribution < -0.4 is 0 Å². The Bertz CT molecular complexity index is 1200. The first-order valence-electron chi connectivity index (χ1n) is 11.6. The van der Waals surface area contributed by atoms with Crippen molar-refractivity contribution in [2.24, 2.45) is 5.92 Å². The van der Waals surface area contributed by atoms with Gasteiger partial charge in [0.25, 0.3) is 0 Å². The molecule has 5 rings (SSSR count). The number of phenols is 1. The molecule has 2 aliphatic carbocycles. The first kappa shape index (κ1) is 21.8. The van der Waals surface area contributed by atoms with Crippen LogP contribution in [0, 0.1) is 17.6 Å². The molecule has 0 aliphatic heterocycles. The molecule has 3 aromatic rings. The van der Waals surface area contributed by atoms with Crippen LogP contribution in [0.4, 0.5) is 8.78 Å². The van der Waals surface area contributed by atoms with Crippen molar-refractivity contribution in [3.05, 3.63) is 106 Å². The van der Waals surface area contributed by atoms with E-state index >= 15 is 8.78 Å². The molecule has 2 nitrogen and oxygen atoms in total. The van der Waals surface area contributed by atoms with E-state index in [1.54, 1.807) is 6.07 Å². The molecular weight excluding hydrogens is 418 g/mol. The number of fused-ring (bicyclic) bond motifs is 3. The molecule has 170 valence electrons. The Morgan fingerprint density at radius 2 is 1.73 bits per heavy atom. The van der Waals surface area contributed by atoms with Crippen LogP contribution in [-0.2, 0) is 17.4 Å². The largest absolute Gasteiger partial charge is 0.508 e. The van der Waals surface area contributed by atoms with Gasteiger partial charge in [-0.1, -0.05) is 55.5 Å². The number of aliphatic hydroxyl groups is 1. The van der Waals surface area contributed by atoms with E-state index in [0.717, 1.165) is 30.4 Å². The van der Waals surface area contributed by atoms with Gasteiger partial charge in [0.05, 0.1) is 5.56 Å². The number of benzene rings is 3. The van der Waals surface area contributed by atoms with Crippen LogP contribution in [0.5, 0.6) is 5.75 Å². The first-order chi connectivity index (χ1) is 15.9. The third kappa shape index (κ3) is 3.48. The summed E-state index contributed by atoms with van der Waals surface area (Å²) in [6.45, 7) is 2.14. The van der Waals surface area contributed by atoms with Crippen LogP contribution in [0.2, 0.25) is 0 Å². The first-order valence-corrected chi connectivity index (χ1v) is 11.6. The van der Waals surface area contributed by atoms with Gasteiger partial charge in [-0.05, 0) is 84.6 Å². The van der Waals surface area contributed by atoms with E-state index in [1.165, 1.54) is 23.8 Å². The number of hydrogen-bond donors (Lipinski definition) is 2. The Balaban J connectivity index is 1.72. The molecule has 0 amide bonds. The summed E-state index contributed by atoms with van der Waals surface area (Å²) in [5.74, 6) is -1.14. The predicted molar refractivity (Wildman–Crippen MR) is 126 cm³/mol. The Morgan fingerprint density at radius 1 is 1.00 bits per heavy atom. The Hall–Kier alpha value is -2.98. The van der Waals surface area contributed by atoms with Gasteiger partial charge in [-0.2, -0.15) is 0 Å². The van der Waals surface area contributed by atoms with Crippen molar-refractivity contribution in [2.75, 3.05) is 0 Å². The molecule has 0 radical (unpaired) electrons. The molecule has 4 heteroatoms. The Kier molecular flexibility index (Phi) is 5.37. The quantitative estimate of drug-likeness (QED) is 0.473. The highest BCUT2D eigenvalue weighted by Crippen LogP contribution is 2.59. The monoisotopic (exact) mass is 446 g/mol. The lowest BCUT2D eigenvalue weighted by atomic mass is 9.51. The Labute approximate surface area is 193 Å². The van der Waals surface area contributed by atoms with Gasteiger partial charge in [0.2, 0.25) is 0 Å². The van der Waals surface area contributed by atoms with E-state index in [2.05, 4.69) is 6.92 Å². The third-order valence-electron chi connectivity index (χ3n) is 7.90. The van der Waals surface area contributed by atoms with Crippen molar-refractivity contribution < 1.29 is 19.0 Å². The second-order valence-electron chi connectivity index (χ2n) is 9.50. The molecule has 0 bridgehead atoms. The van der Waals surface area contributed by atoms with E-state index in [-0.39, 0.29) is 29.1 Å². The zero-order valence-corrected chi connectivity index (χ0v) is 18.7. The second kappa shape index (κ2) is 8.11. The second-order valence-corrected chi connectivity index (χ2v) is 9.50. The minimum atomic E-state index is -1.73. The normalized spacial score (nSPS) is 27.8. The van der Waals surface area contributed by atoms with Crippen LogP contribution in [0.3, 0.4) is 0 Å². The fraction of sp³-hybridized carbons (Fsp3) is 0.310. The standard InChI is InChI=1S/C29H28F2O2/c1-2-28-17-22(15-19-7-4-3-5-8-19)29(33,27-25(30)9-6-10-26(27)31)18-21(28)12-11-20-16-23(32)13-14-24(20)28/h3-10,13-16,21,32-33H,2,11-12,17-18H2,1H3/t21-,28-,29+/m1/s1. The number of phenolic OH excluding ortho intramolecular Hbond substituents is 1. The lowest BCUT2D eigenvalue weighted by Gasteiger charge is -2.54. The minimum Gasteiger partial charge on any atom is -0.508 e. The van der Waals surface area contributed by atoms with Crippen LogP contribution in [0.15, 0.2) is 72.3 Å². The number of halogens is 2. The summed E-state index contributed by atoms with van der Waals surface area (Å²) < 4.78 is 30.0. The van der Waals surface area contributed by atoms with Crippen molar-refractivity contribution >= 4 is 6.08 Å². The maximum Gasteiger partial charge on any atom is 0.132 e. The van der Waals surface area contributed by atoms with Crippen LogP contribution in [-0.4, -0.2) is 10.2 Å². The summed E-state index contributed by atoms with van der Waals surface area (Å²) in [6.07, 6.45) is 5.03. The van der Waals surface area contributed by atoms with Gasteiger partial charge < -0.3 is 10.2 Å². The topological polar surface area (TPSA) is 40.5 Å². The maximum absolute atomic E-state index is 15.0. The van der Waals surface area contributed by atoms with Gasteiger partial charge in [0, 0.05) is 5.41 Å². The Morgan fingerprint density at radius 3 is 2.42 bits per heavy atom. The number of rotatable bonds is 3. The van der Waals surface area contributed by atoms with Gasteiger partial charge in [-0.3, -0.25) is 0 Å². The molecule has 3 atom stereocenters. The minimum absolute atomic E-state index is 0.0523. The highest BCUT2D eigenvalue weighted by Gasteiger charge is 2.54. The molecule has 1 fully saturated rings. The fourth-order valence-corrected chi connectivity index (χ4v) is 6.29. The summed E-state index contributed by atoms with van der Waals surface area (Å²) in [5.41, 5.74) is 1.54. The molecular formula is C29H28F2O2. The summed E-state index contributed by atoms with van der Waals surface area (Å²) in [6, 6.07) is 18.9. The lowest BCUT2D eigenvalue weighted by Crippen LogP contribution is -2.50.